The summed E-state index contributed by atoms with van der Waals surface area (Å²) in [6.45, 7) is 1.05. The zero-order chi connectivity index (χ0) is 23.9. The minimum atomic E-state index is -0.712. The van der Waals surface area contributed by atoms with E-state index < -0.39 is 5.60 Å². The van der Waals surface area contributed by atoms with E-state index in [0.717, 1.165) is 28.8 Å². The van der Waals surface area contributed by atoms with Crippen molar-refractivity contribution in [2.45, 2.75) is 37.2 Å². The van der Waals surface area contributed by atoms with E-state index >= 15 is 0 Å². The predicted octanol–water partition coefficient (Wildman–Crippen LogP) is 4.48. The fourth-order valence-electron chi connectivity index (χ4n) is 5.74. The number of methoxy groups -OCH3 is 2. The first-order valence-electron chi connectivity index (χ1n) is 11.6. The lowest BCUT2D eigenvalue weighted by atomic mass is 9.79. The topological polar surface area (TPSA) is 65.1 Å². The van der Waals surface area contributed by atoms with E-state index in [2.05, 4.69) is 6.08 Å². The quantitative estimate of drug-likeness (QED) is 0.610. The van der Waals surface area contributed by atoms with E-state index in [1.54, 1.807) is 24.1 Å². The molecule has 6 nitrogen and oxygen atoms in total. The van der Waals surface area contributed by atoms with Gasteiger partial charge in [-0.25, -0.2) is 4.39 Å². The smallest absolute Gasteiger partial charge is 0.309 e. The zero-order valence-corrected chi connectivity index (χ0v) is 19.4. The number of halogens is 1. The summed E-state index contributed by atoms with van der Waals surface area (Å²) in [5.74, 6) is -0.481. The summed E-state index contributed by atoms with van der Waals surface area (Å²) in [7, 11) is 3.01. The van der Waals surface area contributed by atoms with Gasteiger partial charge in [0.2, 0.25) is 5.91 Å². The van der Waals surface area contributed by atoms with Crippen molar-refractivity contribution in [1.82, 2.24) is 0 Å². The number of anilines is 1. The van der Waals surface area contributed by atoms with Crippen LogP contribution in [0, 0.1) is 11.7 Å². The summed E-state index contributed by atoms with van der Waals surface area (Å²) in [5, 5.41) is 0. The van der Waals surface area contributed by atoms with Crippen LogP contribution >= 0.6 is 0 Å². The van der Waals surface area contributed by atoms with Crippen molar-refractivity contribution in [3.05, 3.63) is 65.5 Å². The second kappa shape index (κ2) is 8.87. The maximum absolute atomic E-state index is 13.6. The molecule has 1 spiro atoms. The Morgan fingerprint density at radius 2 is 1.97 bits per heavy atom. The van der Waals surface area contributed by atoms with Gasteiger partial charge in [-0.15, -0.1) is 0 Å². The van der Waals surface area contributed by atoms with E-state index in [9.17, 15) is 14.0 Å². The van der Waals surface area contributed by atoms with E-state index in [1.165, 1.54) is 19.2 Å². The van der Waals surface area contributed by atoms with Crippen LogP contribution in [0.3, 0.4) is 0 Å². The molecule has 2 aliphatic heterocycles. The molecule has 34 heavy (non-hydrogen) atoms. The van der Waals surface area contributed by atoms with Crippen LogP contribution in [-0.4, -0.2) is 44.8 Å². The molecule has 2 aromatic carbocycles. The molecule has 2 aromatic rings. The molecule has 2 heterocycles. The minimum absolute atomic E-state index is 0.123. The third kappa shape index (κ3) is 3.78. The second-order valence-electron chi connectivity index (χ2n) is 9.14. The maximum Gasteiger partial charge on any atom is 0.309 e. The van der Waals surface area contributed by atoms with Crippen molar-refractivity contribution in [2.75, 3.05) is 32.3 Å². The molecule has 3 atom stereocenters. The third-order valence-corrected chi connectivity index (χ3v) is 7.34. The summed E-state index contributed by atoms with van der Waals surface area (Å²) in [6.07, 6.45) is 4.76. The van der Waals surface area contributed by atoms with Crippen molar-refractivity contribution < 1.29 is 28.2 Å². The summed E-state index contributed by atoms with van der Waals surface area (Å²) in [5.41, 5.74) is 2.79. The number of carbonyl (C=O) groups is 2. The van der Waals surface area contributed by atoms with Gasteiger partial charge in [0.15, 0.2) is 0 Å². The Labute approximate surface area is 198 Å². The average molecular weight is 466 g/mol. The Hall–Kier alpha value is -3.19. The van der Waals surface area contributed by atoms with Crippen molar-refractivity contribution >= 4 is 23.1 Å². The Balaban J connectivity index is 1.56. The summed E-state index contributed by atoms with van der Waals surface area (Å²) in [4.78, 5) is 26.8. The SMILES string of the molecule is COC(=O)[C@H]1CC[C@@]2(C=C(c3cc(N4CCCC4=O)ccc3OC)CO2)[C@@H]1c1ccc(F)cc1. The van der Waals surface area contributed by atoms with Gasteiger partial charge in [0.25, 0.3) is 0 Å². The highest BCUT2D eigenvalue weighted by molar-refractivity contribution is 5.96. The lowest BCUT2D eigenvalue weighted by molar-refractivity contribution is -0.146. The van der Waals surface area contributed by atoms with Gasteiger partial charge < -0.3 is 19.1 Å². The first-order valence-corrected chi connectivity index (χ1v) is 11.6. The van der Waals surface area contributed by atoms with Gasteiger partial charge in [-0.1, -0.05) is 12.1 Å². The molecule has 0 bridgehead atoms. The second-order valence-corrected chi connectivity index (χ2v) is 9.14. The van der Waals surface area contributed by atoms with Crippen LogP contribution in [-0.2, 0) is 19.1 Å². The molecule has 0 radical (unpaired) electrons. The van der Waals surface area contributed by atoms with Gasteiger partial charge >= 0.3 is 5.97 Å². The Kier molecular flexibility index (Phi) is 5.90. The number of hydrogen-bond donors (Lipinski definition) is 0. The Bertz CT molecular complexity index is 1140. The van der Waals surface area contributed by atoms with Gasteiger partial charge in [-0.3, -0.25) is 9.59 Å². The largest absolute Gasteiger partial charge is 0.496 e. The number of carbonyl (C=O) groups excluding carboxylic acids is 2. The van der Waals surface area contributed by atoms with Crippen LogP contribution in [0.4, 0.5) is 10.1 Å². The van der Waals surface area contributed by atoms with E-state index in [4.69, 9.17) is 14.2 Å². The van der Waals surface area contributed by atoms with Crippen molar-refractivity contribution in [3.63, 3.8) is 0 Å². The molecule has 2 fully saturated rings. The molecule has 1 saturated heterocycles. The van der Waals surface area contributed by atoms with E-state index in [1.807, 2.05) is 18.2 Å². The van der Waals surface area contributed by atoms with Gasteiger partial charge in [0.05, 0.1) is 32.3 Å². The molecule has 0 unspecified atom stereocenters. The van der Waals surface area contributed by atoms with Crippen LogP contribution in [0.15, 0.2) is 48.5 Å². The lowest BCUT2D eigenvalue weighted by Crippen LogP contribution is -2.34. The van der Waals surface area contributed by atoms with Crippen LogP contribution in [0.25, 0.3) is 5.57 Å². The number of nitrogens with zero attached hydrogens (tertiary/aromatic N) is 1. The molecule has 0 N–H and O–H groups in total. The lowest BCUT2D eigenvalue weighted by Gasteiger charge is -2.31. The summed E-state index contributed by atoms with van der Waals surface area (Å²) >= 11 is 0. The molecule has 1 aliphatic carbocycles. The molecule has 7 heteroatoms. The van der Waals surface area contributed by atoms with E-state index in [0.29, 0.717) is 38.2 Å². The monoisotopic (exact) mass is 465 g/mol. The van der Waals surface area contributed by atoms with Crippen molar-refractivity contribution in [3.8, 4) is 5.75 Å². The number of ether oxygens (including phenoxy) is 3. The predicted molar refractivity (Wildman–Crippen MR) is 125 cm³/mol. The molecule has 1 amide bonds. The number of amides is 1. The molecule has 5 rings (SSSR count). The summed E-state index contributed by atoms with van der Waals surface area (Å²) in [6, 6.07) is 12.0. The molecule has 178 valence electrons. The zero-order valence-electron chi connectivity index (χ0n) is 19.4. The molecule has 1 saturated carbocycles. The van der Waals surface area contributed by atoms with Crippen LogP contribution in [0.2, 0.25) is 0 Å². The first-order chi connectivity index (χ1) is 16.5. The highest BCUT2D eigenvalue weighted by Crippen LogP contribution is 2.54. The summed E-state index contributed by atoms with van der Waals surface area (Å²) < 4.78 is 30.8. The molecule has 0 aromatic heterocycles. The first kappa shape index (κ1) is 22.6. The highest BCUT2D eigenvalue weighted by Gasteiger charge is 2.54. The average Bonchev–Trinajstić information content (AvgIpc) is 3.58. The number of hydrogen-bond acceptors (Lipinski definition) is 5. The third-order valence-electron chi connectivity index (χ3n) is 7.34. The fraction of sp³-hybridized carbons (Fsp3) is 0.407. The van der Waals surface area contributed by atoms with Crippen LogP contribution < -0.4 is 9.64 Å². The number of rotatable bonds is 5. The van der Waals surface area contributed by atoms with Crippen molar-refractivity contribution in [2.24, 2.45) is 5.92 Å². The van der Waals surface area contributed by atoms with Gasteiger partial charge in [-0.05, 0) is 66.8 Å². The van der Waals surface area contributed by atoms with Crippen LogP contribution in [0.5, 0.6) is 5.75 Å². The Morgan fingerprint density at radius 3 is 2.65 bits per heavy atom. The Morgan fingerprint density at radius 1 is 1.18 bits per heavy atom. The maximum atomic E-state index is 13.6. The normalized spacial score (nSPS) is 26.3. The minimum Gasteiger partial charge on any atom is -0.496 e. The molecular formula is C27H28FNO5. The molecule has 3 aliphatic rings. The van der Waals surface area contributed by atoms with Crippen molar-refractivity contribution in [1.29, 1.82) is 0 Å². The van der Waals surface area contributed by atoms with Gasteiger partial charge in [-0.2, -0.15) is 0 Å². The molecular weight excluding hydrogens is 437 g/mol. The van der Waals surface area contributed by atoms with Crippen LogP contribution in [0.1, 0.15) is 42.7 Å². The van der Waals surface area contributed by atoms with E-state index in [-0.39, 0.29) is 29.5 Å². The highest BCUT2D eigenvalue weighted by atomic mass is 19.1. The number of benzene rings is 2. The van der Waals surface area contributed by atoms with Gasteiger partial charge in [0, 0.05) is 30.1 Å². The standard InChI is InChI=1S/C27H28FNO5/c1-32-23-10-9-20(29-13-3-4-24(29)30)14-22(23)18-15-27(34-16-18)12-11-21(26(31)33-2)25(27)17-5-7-19(28)8-6-17/h5-10,14-15,21,25H,3-4,11-13,16H2,1-2H3/t21-,25+,27+/m0/s1. The van der Waals surface area contributed by atoms with Gasteiger partial charge in [0.1, 0.15) is 11.6 Å². The fourth-order valence-corrected chi connectivity index (χ4v) is 5.74. The number of esters is 1.